The molecule has 0 saturated carbocycles. The summed E-state index contributed by atoms with van der Waals surface area (Å²) in [6, 6.07) is 26.2. The van der Waals surface area contributed by atoms with Crippen LogP contribution in [0.1, 0.15) is 22.8 Å². The van der Waals surface area contributed by atoms with Gasteiger partial charge in [0, 0.05) is 34.0 Å². The van der Waals surface area contributed by atoms with Crippen LogP contribution in [0, 0.1) is 15.9 Å². The van der Waals surface area contributed by atoms with Crippen LogP contribution >= 0.6 is 11.8 Å². The lowest BCUT2D eigenvalue weighted by molar-refractivity contribution is -0.384. The number of hydrogen-bond acceptors (Lipinski definition) is 6. The van der Waals surface area contributed by atoms with Gasteiger partial charge in [0.1, 0.15) is 11.5 Å². The van der Waals surface area contributed by atoms with Gasteiger partial charge in [0.15, 0.2) is 0 Å². The SMILES string of the molecule is CC(Sc1cccc(NC(=O)/C(=C\c2ccc([N+](=O)[O-])cc2)NC(=O)c2ccccc2)c1)C(=O)Nc1ccc(F)cc1. The van der Waals surface area contributed by atoms with E-state index in [4.69, 9.17) is 0 Å². The van der Waals surface area contributed by atoms with Crippen LogP contribution < -0.4 is 16.0 Å². The molecule has 0 radical (unpaired) electrons. The number of non-ortho nitro benzene ring substituents is 1. The Bertz CT molecular complexity index is 1630. The van der Waals surface area contributed by atoms with Crippen molar-refractivity contribution in [3.63, 3.8) is 0 Å². The van der Waals surface area contributed by atoms with Crippen LogP contribution in [0.25, 0.3) is 6.08 Å². The first-order valence-electron chi connectivity index (χ1n) is 12.6. The number of nitro benzene ring substituents is 1. The minimum absolute atomic E-state index is 0.0807. The van der Waals surface area contributed by atoms with Gasteiger partial charge < -0.3 is 16.0 Å². The number of amides is 3. The van der Waals surface area contributed by atoms with Crippen molar-refractivity contribution in [1.82, 2.24) is 5.32 Å². The monoisotopic (exact) mass is 584 g/mol. The van der Waals surface area contributed by atoms with Gasteiger partial charge in [0.25, 0.3) is 17.5 Å². The number of nitro groups is 1. The van der Waals surface area contributed by atoms with Gasteiger partial charge in [-0.2, -0.15) is 0 Å². The van der Waals surface area contributed by atoms with E-state index in [2.05, 4.69) is 16.0 Å². The van der Waals surface area contributed by atoms with E-state index in [0.717, 1.165) is 0 Å². The van der Waals surface area contributed by atoms with Crippen LogP contribution in [-0.4, -0.2) is 27.9 Å². The molecule has 0 heterocycles. The van der Waals surface area contributed by atoms with Gasteiger partial charge in [-0.15, -0.1) is 11.8 Å². The molecule has 4 rings (SSSR count). The lowest BCUT2D eigenvalue weighted by Crippen LogP contribution is -2.30. The van der Waals surface area contributed by atoms with Gasteiger partial charge in [-0.3, -0.25) is 24.5 Å². The molecule has 11 heteroatoms. The first kappa shape index (κ1) is 29.7. The Morgan fingerprint density at radius 1 is 0.857 bits per heavy atom. The van der Waals surface area contributed by atoms with Gasteiger partial charge in [0.05, 0.1) is 10.2 Å². The van der Waals surface area contributed by atoms with Gasteiger partial charge in [-0.1, -0.05) is 24.3 Å². The average molecular weight is 585 g/mol. The van der Waals surface area contributed by atoms with Crippen molar-refractivity contribution in [2.75, 3.05) is 10.6 Å². The van der Waals surface area contributed by atoms with Crippen molar-refractivity contribution >= 4 is 52.6 Å². The molecule has 0 bridgehead atoms. The van der Waals surface area contributed by atoms with Crippen LogP contribution in [0.4, 0.5) is 21.5 Å². The number of benzene rings is 4. The third kappa shape index (κ3) is 8.35. The summed E-state index contributed by atoms with van der Waals surface area (Å²) in [5, 5.41) is 18.6. The highest BCUT2D eigenvalue weighted by atomic mass is 32.2. The second-order valence-electron chi connectivity index (χ2n) is 8.96. The summed E-state index contributed by atoms with van der Waals surface area (Å²) in [5.41, 5.74) is 1.50. The molecular weight excluding hydrogens is 559 g/mol. The lowest BCUT2D eigenvalue weighted by atomic mass is 10.1. The van der Waals surface area contributed by atoms with Crippen LogP contribution in [0.15, 0.2) is 114 Å². The number of carbonyl (C=O) groups is 3. The first-order chi connectivity index (χ1) is 20.2. The maximum absolute atomic E-state index is 13.3. The van der Waals surface area contributed by atoms with Crippen LogP contribution in [0.2, 0.25) is 0 Å². The summed E-state index contributed by atoms with van der Waals surface area (Å²) >= 11 is 1.26. The third-order valence-electron chi connectivity index (χ3n) is 5.83. The van der Waals surface area contributed by atoms with E-state index < -0.39 is 27.8 Å². The van der Waals surface area contributed by atoms with Crippen LogP contribution in [-0.2, 0) is 9.59 Å². The molecule has 9 nitrogen and oxygen atoms in total. The molecule has 0 fully saturated rings. The zero-order valence-corrected chi connectivity index (χ0v) is 23.1. The predicted octanol–water partition coefficient (Wildman–Crippen LogP) is 6.26. The van der Waals surface area contributed by atoms with Crippen molar-refractivity contribution < 1.29 is 23.7 Å². The molecule has 4 aromatic carbocycles. The molecular formula is C31H25FN4O5S. The smallest absolute Gasteiger partial charge is 0.272 e. The predicted molar refractivity (Wildman–Crippen MR) is 160 cm³/mol. The number of thioether (sulfide) groups is 1. The van der Waals surface area contributed by atoms with Gasteiger partial charge in [-0.25, -0.2) is 4.39 Å². The number of nitrogens with zero attached hydrogens (tertiary/aromatic N) is 1. The second-order valence-corrected chi connectivity index (χ2v) is 10.4. The van der Waals surface area contributed by atoms with E-state index in [1.54, 1.807) is 61.5 Å². The topological polar surface area (TPSA) is 130 Å². The third-order valence-corrected chi connectivity index (χ3v) is 6.92. The maximum atomic E-state index is 13.3. The summed E-state index contributed by atoms with van der Waals surface area (Å²) < 4.78 is 13.1. The van der Waals surface area contributed by atoms with E-state index in [1.165, 1.54) is 66.4 Å². The fourth-order valence-corrected chi connectivity index (χ4v) is 4.61. The lowest BCUT2D eigenvalue weighted by Gasteiger charge is -2.14. The van der Waals surface area contributed by atoms with Crippen LogP contribution in [0.5, 0.6) is 0 Å². The number of carbonyl (C=O) groups excluding carboxylic acids is 3. The van der Waals surface area contributed by atoms with Gasteiger partial charge >= 0.3 is 0 Å². The number of nitrogens with one attached hydrogen (secondary N) is 3. The van der Waals surface area contributed by atoms with E-state index in [1.807, 2.05) is 0 Å². The fourth-order valence-electron chi connectivity index (χ4n) is 3.68. The minimum Gasteiger partial charge on any atom is -0.325 e. The van der Waals surface area contributed by atoms with Crippen molar-refractivity contribution in [3.05, 3.63) is 136 Å². The van der Waals surface area contributed by atoms with Crippen molar-refractivity contribution in [1.29, 1.82) is 0 Å². The second kappa shape index (κ2) is 13.9. The van der Waals surface area contributed by atoms with Crippen LogP contribution in [0.3, 0.4) is 0 Å². The van der Waals surface area contributed by atoms with Crippen molar-refractivity contribution in [2.24, 2.45) is 0 Å². The normalized spacial score (nSPS) is 11.7. The summed E-state index contributed by atoms with van der Waals surface area (Å²) in [6.45, 7) is 1.72. The number of halogens is 1. The van der Waals surface area contributed by atoms with E-state index in [0.29, 0.717) is 27.4 Å². The molecule has 3 N–H and O–H groups in total. The highest BCUT2D eigenvalue weighted by Gasteiger charge is 2.18. The molecule has 0 saturated heterocycles. The maximum Gasteiger partial charge on any atom is 0.272 e. The fraction of sp³-hybridized carbons (Fsp3) is 0.0645. The molecule has 0 aromatic heterocycles. The molecule has 0 aliphatic carbocycles. The number of anilines is 2. The average Bonchev–Trinajstić information content (AvgIpc) is 2.98. The summed E-state index contributed by atoms with van der Waals surface area (Å²) in [6.07, 6.45) is 1.42. The number of hydrogen-bond donors (Lipinski definition) is 3. The molecule has 42 heavy (non-hydrogen) atoms. The van der Waals surface area contributed by atoms with Gasteiger partial charge in [-0.05, 0) is 85.3 Å². The Morgan fingerprint density at radius 2 is 1.55 bits per heavy atom. The molecule has 0 spiro atoms. The Balaban J connectivity index is 1.49. The van der Waals surface area contributed by atoms with Gasteiger partial charge in [0.2, 0.25) is 5.91 Å². The van der Waals surface area contributed by atoms with E-state index in [9.17, 15) is 28.9 Å². The Kier molecular flexibility index (Phi) is 9.80. The molecule has 1 unspecified atom stereocenters. The molecule has 3 amide bonds. The Labute approximate surface area is 245 Å². The van der Waals surface area contributed by atoms with Crippen molar-refractivity contribution in [2.45, 2.75) is 17.1 Å². The van der Waals surface area contributed by atoms with E-state index >= 15 is 0 Å². The molecule has 4 aromatic rings. The minimum atomic E-state index is -0.623. The highest BCUT2D eigenvalue weighted by molar-refractivity contribution is 8.00. The van der Waals surface area contributed by atoms with E-state index in [-0.39, 0.29) is 17.3 Å². The summed E-state index contributed by atoms with van der Waals surface area (Å²) in [7, 11) is 0. The zero-order valence-electron chi connectivity index (χ0n) is 22.2. The highest BCUT2D eigenvalue weighted by Crippen LogP contribution is 2.27. The number of rotatable bonds is 10. The molecule has 0 aliphatic rings. The summed E-state index contributed by atoms with van der Waals surface area (Å²) in [4.78, 5) is 50.0. The molecule has 212 valence electrons. The Hall–Kier alpha value is -5.29. The quantitative estimate of drug-likeness (QED) is 0.0873. The first-order valence-corrected chi connectivity index (χ1v) is 13.5. The molecule has 0 aliphatic heterocycles. The molecule has 1 atom stereocenters. The standard InChI is InChI=1S/C31H25FN4O5S/c1-20(29(37)33-24-14-12-23(32)13-15-24)42-27-9-5-8-25(19-27)34-31(39)28(35-30(38)22-6-3-2-4-7-22)18-21-10-16-26(17-11-21)36(40)41/h2-20H,1H3,(H,33,37)(H,34,39)(H,35,38)/b28-18+. The Morgan fingerprint density at radius 3 is 2.21 bits per heavy atom. The largest absolute Gasteiger partial charge is 0.325 e. The van der Waals surface area contributed by atoms with Crippen molar-refractivity contribution in [3.8, 4) is 0 Å². The zero-order chi connectivity index (χ0) is 30.1. The summed E-state index contributed by atoms with van der Waals surface area (Å²) in [5.74, 6) is -1.82.